The molecule has 0 bridgehead atoms. The number of aromatic nitrogens is 2. The van der Waals surface area contributed by atoms with Gasteiger partial charge in [0.1, 0.15) is 16.9 Å². The van der Waals surface area contributed by atoms with E-state index in [1.165, 1.54) is 49.2 Å². The van der Waals surface area contributed by atoms with E-state index in [4.69, 9.17) is 4.74 Å². The number of carbonyl (C=O) groups is 2. The summed E-state index contributed by atoms with van der Waals surface area (Å²) in [4.78, 5) is 34.3. The molecule has 1 fully saturated rings. The van der Waals surface area contributed by atoms with Crippen molar-refractivity contribution >= 4 is 28.9 Å². The molecule has 3 heterocycles. The molecular formula is C26H23F6N5O4S. The molecule has 3 aromatic rings. The van der Waals surface area contributed by atoms with E-state index < -0.39 is 76.9 Å². The number of likely N-dealkylation sites (tertiary alicyclic amines) is 1. The molecule has 1 aliphatic rings. The van der Waals surface area contributed by atoms with Gasteiger partial charge in [0.05, 0.1) is 37.9 Å². The second-order valence-electron chi connectivity index (χ2n) is 9.42. The first-order valence-electron chi connectivity index (χ1n) is 12.1. The van der Waals surface area contributed by atoms with E-state index in [1.807, 2.05) is 0 Å². The molecule has 0 unspecified atom stereocenters. The SMILES string of the molecule is Cc1nc(F)ccc1Oc1ncc(C(F)(F)F)c(C)c1C(=O)Nc1cccc([S@@+]([O-])N(C)C(=O)CN2CC(F)(F)C2)c1. The molecule has 0 aliphatic carbocycles. The Morgan fingerprint density at radius 2 is 1.88 bits per heavy atom. The fourth-order valence-corrected chi connectivity index (χ4v) is 5.06. The summed E-state index contributed by atoms with van der Waals surface area (Å²) in [5, 5.41) is 2.42. The lowest BCUT2D eigenvalue weighted by Crippen LogP contribution is -2.58. The van der Waals surface area contributed by atoms with E-state index in [-0.39, 0.29) is 28.6 Å². The minimum Gasteiger partial charge on any atom is -0.588 e. The van der Waals surface area contributed by atoms with Crippen LogP contribution in [0.1, 0.15) is 27.2 Å². The summed E-state index contributed by atoms with van der Waals surface area (Å²) in [5.74, 6) is -5.99. The van der Waals surface area contributed by atoms with Crippen LogP contribution < -0.4 is 10.1 Å². The van der Waals surface area contributed by atoms with Crippen molar-refractivity contribution in [3.8, 4) is 11.6 Å². The van der Waals surface area contributed by atoms with Crippen LogP contribution in [-0.4, -0.2) is 68.1 Å². The van der Waals surface area contributed by atoms with Gasteiger partial charge in [-0.25, -0.2) is 18.7 Å². The number of nitrogens with one attached hydrogen (secondary N) is 1. The van der Waals surface area contributed by atoms with Crippen molar-refractivity contribution < 1.29 is 45.2 Å². The van der Waals surface area contributed by atoms with E-state index >= 15 is 0 Å². The highest BCUT2D eigenvalue weighted by atomic mass is 32.2. The summed E-state index contributed by atoms with van der Waals surface area (Å²) in [6.45, 7) is 0.895. The first-order chi connectivity index (χ1) is 19.6. The van der Waals surface area contributed by atoms with Crippen LogP contribution in [0.3, 0.4) is 0 Å². The van der Waals surface area contributed by atoms with Crippen LogP contribution in [0.25, 0.3) is 0 Å². The summed E-state index contributed by atoms with van der Waals surface area (Å²) in [5.41, 5.74) is -2.20. The summed E-state index contributed by atoms with van der Waals surface area (Å²) in [6.07, 6.45) is -4.34. The van der Waals surface area contributed by atoms with Gasteiger partial charge in [-0.3, -0.25) is 14.5 Å². The molecule has 2 amide bonds. The maximum Gasteiger partial charge on any atom is 0.418 e. The van der Waals surface area contributed by atoms with Gasteiger partial charge in [-0.15, -0.1) is 0 Å². The van der Waals surface area contributed by atoms with Crippen molar-refractivity contribution in [2.75, 3.05) is 32.0 Å². The molecule has 1 N–H and O–H groups in total. The highest BCUT2D eigenvalue weighted by molar-refractivity contribution is 7.89. The van der Waals surface area contributed by atoms with Crippen molar-refractivity contribution in [2.45, 2.75) is 30.8 Å². The number of anilines is 1. The maximum absolute atomic E-state index is 13.6. The fraction of sp³-hybridized carbons (Fsp3) is 0.308. The number of nitrogens with zero attached hydrogens (tertiary/aromatic N) is 4. The Morgan fingerprint density at radius 1 is 1.19 bits per heavy atom. The normalized spacial score (nSPS) is 15.5. The number of hydrogen-bond donors (Lipinski definition) is 1. The molecule has 42 heavy (non-hydrogen) atoms. The van der Waals surface area contributed by atoms with Gasteiger partial charge in [-0.2, -0.15) is 21.9 Å². The molecule has 0 spiro atoms. The van der Waals surface area contributed by atoms with Gasteiger partial charge in [0.25, 0.3) is 17.7 Å². The molecule has 0 saturated carbocycles. The third-order valence-electron chi connectivity index (χ3n) is 6.21. The van der Waals surface area contributed by atoms with Gasteiger partial charge in [-0.05, 0) is 43.7 Å². The van der Waals surface area contributed by atoms with Crippen LogP contribution in [-0.2, 0) is 22.3 Å². The zero-order valence-corrected chi connectivity index (χ0v) is 23.1. The molecule has 1 aromatic carbocycles. The second kappa shape index (κ2) is 11.8. The maximum atomic E-state index is 13.6. The molecule has 2 aromatic heterocycles. The standard InChI is InChI=1S/C26H23F6N5O4S/c1-14-18(26(30,31)32)10-33-24(41-19-7-8-20(27)34-15(19)2)22(14)23(39)35-16-5-4-6-17(9-16)42(40)36(3)21(38)11-37-12-25(28,29)13-37/h4-10H,11-13H2,1-3H3,(H,35,39)/t42-/m1/s1. The molecule has 0 radical (unpaired) electrons. The van der Waals surface area contributed by atoms with Crippen molar-refractivity contribution in [1.82, 2.24) is 19.2 Å². The first-order valence-corrected chi connectivity index (χ1v) is 13.2. The monoisotopic (exact) mass is 615 g/mol. The van der Waals surface area contributed by atoms with Crippen LogP contribution in [0.15, 0.2) is 47.5 Å². The molecule has 1 aliphatic heterocycles. The van der Waals surface area contributed by atoms with Gasteiger partial charge in [-0.1, -0.05) is 6.07 Å². The van der Waals surface area contributed by atoms with Gasteiger partial charge >= 0.3 is 6.18 Å². The van der Waals surface area contributed by atoms with Crippen LogP contribution in [0, 0.1) is 19.8 Å². The fourth-order valence-electron chi connectivity index (χ4n) is 4.08. The first kappa shape index (κ1) is 31.1. The minimum atomic E-state index is -4.85. The lowest BCUT2D eigenvalue weighted by atomic mass is 10.0. The van der Waals surface area contributed by atoms with Gasteiger partial charge in [0.15, 0.2) is 10.6 Å². The summed E-state index contributed by atoms with van der Waals surface area (Å²) < 4.78 is 99.9. The Morgan fingerprint density at radius 3 is 2.50 bits per heavy atom. The predicted octanol–water partition coefficient (Wildman–Crippen LogP) is 4.73. The van der Waals surface area contributed by atoms with Crippen molar-refractivity contribution in [1.29, 1.82) is 0 Å². The van der Waals surface area contributed by atoms with Crippen LogP contribution in [0.5, 0.6) is 11.6 Å². The Bertz CT molecular complexity index is 1510. The van der Waals surface area contributed by atoms with Gasteiger partial charge < -0.3 is 14.6 Å². The van der Waals surface area contributed by atoms with Gasteiger partial charge in [0.2, 0.25) is 11.8 Å². The third-order valence-corrected chi connectivity index (χ3v) is 7.57. The number of likely N-dealkylation sites (N-methyl/N-ethyl adjacent to an activating group) is 1. The Balaban J connectivity index is 1.58. The van der Waals surface area contributed by atoms with E-state index in [9.17, 15) is 40.5 Å². The Hall–Kier alpha value is -3.89. The lowest BCUT2D eigenvalue weighted by molar-refractivity contribution is -0.147. The molecule has 224 valence electrons. The van der Waals surface area contributed by atoms with E-state index in [2.05, 4.69) is 15.3 Å². The minimum absolute atomic E-state index is 0.0106. The number of aryl methyl sites for hydroxylation is 1. The number of amides is 2. The van der Waals surface area contributed by atoms with Gasteiger partial charge in [0, 0.05) is 18.0 Å². The Kier molecular flexibility index (Phi) is 8.71. The zero-order chi connectivity index (χ0) is 31.0. The summed E-state index contributed by atoms with van der Waals surface area (Å²) >= 11 is -2.10. The number of benzene rings is 1. The molecule has 9 nitrogen and oxygen atoms in total. The smallest absolute Gasteiger partial charge is 0.418 e. The zero-order valence-electron chi connectivity index (χ0n) is 22.3. The van der Waals surface area contributed by atoms with E-state index in [1.54, 1.807) is 0 Å². The number of pyridine rings is 2. The number of halogens is 6. The number of alkyl halides is 5. The molecule has 4 rings (SSSR count). The molecule has 1 saturated heterocycles. The highest BCUT2D eigenvalue weighted by Crippen LogP contribution is 2.37. The number of carbonyl (C=O) groups excluding carboxylic acids is 2. The largest absolute Gasteiger partial charge is 0.588 e. The van der Waals surface area contributed by atoms with Crippen LogP contribution in [0.2, 0.25) is 0 Å². The van der Waals surface area contributed by atoms with E-state index in [0.29, 0.717) is 6.20 Å². The average molecular weight is 616 g/mol. The highest BCUT2D eigenvalue weighted by Gasteiger charge is 2.45. The quantitative estimate of drug-likeness (QED) is 0.222. The average Bonchev–Trinajstić information content (AvgIpc) is 2.87. The Labute approximate surface area is 238 Å². The van der Waals surface area contributed by atoms with Crippen LogP contribution in [0.4, 0.5) is 32.0 Å². The number of hydrogen-bond acceptors (Lipinski definition) is 7. The van der Waals surface area contributed by atoms with E-state index in [0.717, 1.165) is 17.3 Å². The van der Waals surface area contributed by atoms with Crippen molar-refractivity contribution in [3.05, 3.63) is 70.9 Å². The molecule has 16 heteroatoms. The topological polar surface area (TPSA) is 111 Å². The lowest BCUT2D eigenvalue weighted by Gasteiger charge is -2.38. The van der Waals surface area contributed by atoms with Crippen LogP contribution >= 0.6 is 0 Å². The predicted molar refractivity (Wildman–Crippen MR) is 138 cm³/mol. The summed E-state index contributed by atoms with van der Waals surface area (Å²) in [6, 6.07) is 7.51. The third kappa shape index (κ3) is 6.94. The summed E-state index contributed by atoms with van der Waals surface area (Å²) in [7, 11) is 1.22. The number of rotatable bonds is 8. The molecule has 1 atom stereocenters. The molecular weight excluding hydrogens is 592 g/mol. The second-order valence-corrected chi connectivity index (χ2v) is 10.9. The van der Waals surface area contributed by atoms with Crippen molar-refractivity contribution in [2.24, 2.45) is 0 Å². The number of ether oxygens (including phenoxy) is 1. The van der Waals surface area contributed by atoms with Crippen molar-refractivity contribution in [3.63, 3.8) is 0 Å².